The van der Waals surface area contributed by atoms with Crippen molar-refractivity contribution in [1.82, 2.24) is 20.8 Å². The molecular weight excluding hydrogens is 312 g/mol. The molecule has 2 rings (SSSR count). The molecule has 0 spiro atoms. The predicted octanol–water partition coefficient (Wildman–Crippen LogP) is 1.31. The van der Waals surface area contributed by atoms with E-state index in [4.69, 9.17) is 0 Å². The summed E-state index contributed by atoms with van der Waals surface area (Å²) in [6.45, 7) is 0. The summed E-state index contributed by atoms with van der Waals surface area (Å²) in [5.74, 6) is -0.960. The van der Waals surface area contributed by atoms with Crippen LogP contribution in [0.3, 0.4) is 0 Å². The number of benzene rings is 1. The Hall–Kier alpha value is -2.28. The van der Waals surface area contributed by atoms with Gasteiger partial charge in [0, 0.05) is 16.9 Å². The van der Waals surface area contributed by atoms with Crippen LogP contribution >= 0.6 is 15.9 Å². The number of carbonyl (C=O) groups excluding carboxylic acids is 2. The first-order chi connectivity index (χ1) is 9.18. The van der Waals surface area contributed by atoms with E-state index in [1.54, 1.807) is 24.3 Å². The van der Waals surface area contributed by atoms with Crippen molar-refractivity contribution < 1.29 is 9.59 Å². The van der Waals surface area contributed by atoms with Crippen molar-refractivity contribution in [2.75, 3.05) is 0 Å². The van der Waals surface area contributed by atoms with Crippen molar-refractivity contribution in [1.29, 1.82) is 0 Å². The first-order valence-electron chi connectivity index (χ1n) is 5.29. The average Bonchev–Trinajstić information content (AvgIpc) is 2.46. The van der Waals surface area contributed by atoms with E-state index in [1.165, 1.54) is 18.6 Å². The number of hydrazine groups is 1. The summed E-state index contributed by atoms with van der Waals surface area (Å²) in [6, 6.07) is 6.89. The second-order valence-corrected chi connectivity index (χ2v) is 4.33. The Balaban J connectivity index is 1.98. The van der Waals surface area contributed by atoms with Gasteiger partial charge in [0.25, 0.3) is 11.8 Å². The minimum Gasteiger partial charge on any atom is -0.267 e. The van der Waals surface area contributed by atoms with Crippen molar-refractivity contribution in [2.24, 2.45) is 0 Å². The summed E-state index contributed by atoms with van der Waals surface area (Å²) in [6.07, 6.45) is 4.15. The number of nitrogens with one attached hydrogen (secondary N) is 2. The Morgan fingerprint density at radius 3 is 2.47 bits per heavy atom. The van der Waals surface area contributed by atoms with Gasteiger partial charge in [0.05, 0.1) is 11.8 Å². The van der Waals surface area contributed by atoms with Crippen molar-refractivity contribution >= 4 is 27.7 Å². The van der Waals surface area contributed by atoms with E-state index in [2.05, 4.69) is 36.7 Å². The number of rotatable bonds is 2. The van der Waals surface area contributed by atoms with Crippen LogP contribution in [0.2, 0.25) is 0 Å². The SMILES string of the molecule is O=C(NNC(=O)c1ccccc1Br)c1cnccn1. The minimum atomic E-state index is -0.534. The van der Waals surface area contributed by atoms with Gasteiger partial charge in [0.15, 0.2) is 0 Å². The number of nitrogens with zero attached hydrogens (tertiary/aromatic N) is 2. The first kappa shape index (κ1) is 13.2. The van der Waals surface area contributed by atoms with Crippen LogP contribution in [0, 0.1) is 0 Å². The van der Waals surface area contributed by atoms with Gasteiger partial charge < -0.3 is 0 Å². The van der Waals surface area contributed by atoms with Gasteiger partial charge in [-0.3, -0.25) is 25.4 Å². The van der Waals surface area contributed by atoms with Crippen LogP contribution in [0.4, 0.5) is 0 Å². The average molecular weight is 321 g/mol. The zero-order valence-electron chi connectivity index (χ0n) is 9.63. The number of halogens is 1. The predicted molar refractivity (Wildman–Crippen MR) is 71.1 cm³/mol. The normalized spacial score (nSPS) is 9.74. The molecule has 0 fully saturated rings. The third-order valence-electron chi connectivity index (χ3n) is 2.20. The molecule has 96 valence electrons. The topological polar surface area (TPSA) is 84.0 Å². The molecule has 2 aromatic rings. The van der Waals surface area contributed by atoms with Crippen LogP contribution in [-0.2, 0) is 0 Å². The second kappa shape index (κ2) is 6.05. The van der Waals surface area contributed by atoms with E-state index in [-0.39, 0.29) is 5.69 Å². The van der Waals surface area contributed by atoms with Crippen LogP contribution in [0.1, 0.15) is 20.8 Å². The molecule has 1 aromatic carbocycles. The molecule has 0 unspecified atom stereocenters. The lowest BCUT2D eigenvalue weighted by Gasteiger charge is -2.07. The highest BCUT2D eigenvalue weighted by Gasteiger charge is 2.11. The van der Waals surface area contributed by atoms with E-state index in [0.717, 1.165) is 0 Å². The van der Waals surface area contributed by atoms with Crippen molar-refractivity contribution in [3.8, 4) is 0 Å². The fraction of sp³-hybridized carbons (Fsp3) is 0. The van der Waals surface area contributed by atoms with E-state index >= 15 is 0 Å². The van der Waals surface area contributed by atoms with Gasteiger partial charge >= 0.3 is 0 Å². The zero-order chi connectivity index (χ0) is 13.7. The number of carbonyl (C=O) groups is 2. The van der Waals surface area contributed by atoms with Gasteiger partial charge in [0.2, 0.25) is 0 Å². The third-order valence-corrected chi connectivity index (χ3v) is 2.90. The highest BCUT2D eigenvalue weighted by molar-refractivity contribution is 9.10. The molecule has 0 bridgehead atoms. The lowest BCUT2D eigenvalue weighted by atomic mass is 10.2. The lowest BCUT2D eigenvalue weighted by Crippen LogP contribution is -2.42. The van der Waals surface area contributed by atoms with Gasteiger partial charge in [-0.25, -0.2) is 4.98 Å². The fourth-order valence-electron chi connectivity index (χ4n) is 1.31. The van der Waals surface area contributed by atoms with E-state index in [1.807, 2.05) is 0 Å². The van der Waals surface area contributed by atoms with Gasteiger partial charge in [-0.15, -0.1) is 0 Å². The Bertz CT molecular complexity index is 604. The largest absolute Gasteiger partial charge is 0.289 e. The molecule has 6 nitrogen and oxygen atoms in total. The van der Waals surface area contributed by atoms with E-state index < -0.39 is 11.8 Å². The van der Waals surface area contributed by atoms with Crippen molar-refractivity contribution in [3.63, 3.8) is 0 Å². The van der Waals surface area contributed by atoms with Crippen LogP contribution in [-0.4, -0.2) is 21.8 Å². The van der Waals surface area contributed by atoms with Gasteiger partial charge in [0.1, 0.15) is 5.69 Å². The standard InChI is InChI=1S/C12H9BrN4O2/c13-9-4-2-1-3-8(9)11(18)16-17-12(19)10-7-14-5-6-15-10/h1-7H,(H,16,18)(H,17,19). The molecule has 0 aliphatic rings. The van der Waals surface area contributed by atoms with Gasteiger partial charge in [-0.2, -0.15) is 0 Å². The Morgan fingerprint density at radius 2 is 1.79 bits per heavy atom. The summed E-state index contributed by atoms with van der Waals surface area (Å²) < 4.78 is 0.640. The van der Waals surface area contributed by atoms with Gasteiger partial charge in [-0.1, -0.05) is 12.1 Å². The molecule has 1 aromatic heterocycles. The van der Waals surface area contributed by atoms with Crippen LogP contribution in [0.5, 0.6) is 0 Å². The molecule has 0 aliphatic carbocycles. The Morgan fingerprint density at radius 1 is 1.05 bits per heavy atom. The first-order valence-corrected chi connectivity index (χ1v) is 6.09. The fourth-order valence-corrected chi connectivity index (χ4v) is 1.77. The third kappa shape index (κ3) is 3.35. The van der Waals surface area contributed by atoms with Crippen molar-refractivity contribution in [2.45, 2.75) is 0 Å². The van der Waals surface area contributed by atoms with Crippen LogP contribution in [0.25, 0.3) is 0 Å². The second-order valence-electron chi connectivity index (χ2n) is 3.48. The molecule has 0 saturated heterocycles. The smallest absolute Gasteiger partial charge is 0.267 e. The summed E-state index contributed by atoms with van der Waals surface area (Å²) in [7, 11) is 0. The lowest BCUT2D eigenvalue weighted by molar-refractivity contribution is 0.0843. The van der Waals surface area contributed by atoms with Gasteiger partial charge in [-0.05, 0) is 28.1 Å². The minimum absolute atomic E-state index is 0.120. The summed E-state index contributed by atoms with van der Waals surface area (Å²) >= 11 is 3.25. The van der Waals surface area contributed by atoms with E-state index in [0.29, 0.717) is 10.0 Å². The Labute approximate surface area is 117 Å². The molecule has 0 radical (unpaired) electrons. The molecular formula is C12H9BrN4O2. The molecule has 2 amide bonds. The number of hydrogen-bond acceptors (Lipinski definition) is 4. The number of amides is 2. The summed E-state index contributed by atoms with van der Waals surface area (Å²) in [5, 5.41) is 0. The zero-order valence-corrected chi connectivity index (χ0v) is 11.2. The molecule has 0 atom stereocenters. The quantitative estimate of drug-likeness (QED) is 0.817. The molecule has 1 heterocycles. The molecule has 0 aliphatic heterocycles. The molecule has 0 saturated carbocycles. The maximum Gasteiger partial charge on any atom is 0.289 e. The summed E-state index contributed by atoms with van der Waals surface area (Å²) in [4.78, 5) is 31.0. The van der Waals surface area contributed by atoms with Crippen molar-refractivity contribution in [3.05, 3.63) is 58.6 Å². The molecule has 7 heteroatoms. The molecule has 19 heavy (non-hydrogen) atoms. The van der Waals surface area contributed by atoms with Crippen LogP contribution < -0.4 is 10.9 Å². The highest BCUT2D eigenvalue weighted by atomic mass is 79.9. The summed E-state index contributed by atoms with van der Waals surface area (Å²) in [5.41, 5.74) is 5.10. The number of hydrogen-bond donors (Lipinski definition) is 2. The Kier molecular flexibility index (Phi) is 4.19. The van der Waals surface area contributed by atoms with E-state index in [9.17, 15) is 9.59 Å². The number of aromatic nitrogens is 2. The maximum atomic E-state index is 11.8. The van der Waals surface area contributed by atoms with Crippen LogP contribution in [0.15, 0.2) is 47.3 Å². The molecule has 2 N–H and O–H groups in total. The monoisotopic (exact) mass is 320 g/mol. The highest BCUT2D eigenvalue weighted by Crippen LogP contribution is 2.15. The maximum absolute atomic E-state index is 11.8.